The number of carbonyl (C=O) groups excluding carboxylic acids is 1. The lowest BCUT2D eigenvalue weighted by atomic mass is 9.99. The molecule has 1 aromatic carbocycles. The lowest BCUT2D eigenvalue weighted by Gasteiger charge is -2.29. The van der Waals surface area contributed by atoms with Crippen LogP contribution < -0.4 is 10.0 Å². The molecule has 7 heteroatoms. The monoisotopic (exact) mass is 339 g/mol. The number of amides is 1. The highest BCUT2D eigenvalue weighted by Crippen LogP contribution is 2.21. The van der Waals surface area contributed by atoms with E-state index < -0.39 is 10.0 Å². The number of sulfonamides is 1. The average molecular weight is 339 g/mol. The predicted octanol–water partition coefficient (Wildman–Crippen LogP) is 1.57. The summed E-state index contributed by atoms with van der Waals surface area (Å²) in [7, 11) is -1.53. The van der Waals surface area contributed by atoms with E-state index in [0.29, 0.717) is 23.7 Å². The topological polar surface area (TPSA) is 78.5 Å². The Hall–Kier alpha value is -1.44. The minimum absolute atomic E-state index is 0.216. The Morgan fingerprint density at radius 1 is 1.39 bits per heavy atom. The molecule has 0 radical (unpaired) electrons. The highest BCUT2D eigenvalue weighted by Gasteiger charge is 2.22. The minimum Gasteiger partial charge on any atom is -0.326 e. The van der Waals surface area contributed by atoms with Crippen LogP contribution in [-0.4, -0.2) is 45.9 Å². The first-order valence-electron chi connectivity index (χ1n) is 7.84. The second kappa shape index (κ2) is 7.42. The van der Waals surface area contributed by atoms with Gasteiger partial charge in [-0.15, -0.1) is 0 Å². The summed E-state index contributed by atoms with van der Waals surface area (Å²) in [5.74, 6) is 0.109. The number of hydrogen-bond donors (Lipinski definition) is 2. The van der Waals surface area contributed by atoms with Gasteiger partial charge in [-0.1, -0.05) is 6.07 Å². The van der Waals surface area contributed by atoms with E-state index in [1.165, 1.54) is 13.0 Å². The molecule has 1 unspecified atom stereocenters. The molecular formula is C16H25N3O3S. The highest BCUT2D eigenvalue weighted by atomic mass is 32.2. The molecule has 128 valence electrons. The van der Waals surface area contributed by atoms with Crippen LogP contribution in [0.5, 0.6) is 0 Å². The zero-order valence-electron chi connectivity index (χ0n) is 13.9. The van der Waals surface area contributed by atoms with Crippen LogP contribution in [0.3, 0.4) is 0 Å². The fourth-order valence-corrected chi connectivity index (χ4v) is 4.30. The Balaban J connectivity index is 2.10. The number of nitrogens with one attached hydrogen (secondary N) is 2. The molecule has 0 aromatic heterocycles. The van der Waals surface area contributed by atoms with Gasteiger partial charge in [0.2, 0.25) is 15.9 Å². The zero-order chi connectivity index (χ0) is 17.0. The van der Waals surface area contributed by atoms with Crippen LogP contribution in [0.2, 0.25) is 0 Å². The number of likely N-dealkylation sites (tertiary alicyclic amines) is 1. The molecule has 1 aromatic rings. The zero-order valence-corrected chi connectivity index (χ0v) is 14.7. The molecule has 0 aliphatic carbocycles. The maximum absolute atomic E-state index is 12.6. The molecule has 1 fully saturated rings. The molecule has 1 amide bonds. The molecule has 1 aliphatic heterocycles. The maximum atomic E-state index is 12.6. The summed E-state index contributed by atoms with van der Waals surface area (Å²) in [4.78, 5) is 13.6. The van der Waals surface area contributed by atoms with Crippen molar-refractivity contribution in [3.8, 4) is 0 Å². The Morgan fingerprint density at radius 2 is 2.13 bits per heavy atom. The van der Waals surface area contributed by atoms with E-state index in [1.807, 2.05) is 0 Å². The van der Waals surface area contributed by atoms with E-state index in [1.54, 1.807) is 19.1 Å². The summed E-state index contributed by atoms with van der Waals surface area (Å²) >= 11 is 0. The number of anilines is 1. The number of nitrogens with zero attached hydrogens (tertiary/aromatic N) is 1. The predicted molar refractivity (Wildman–Crippen MR) is 90.9 cm³/mol. The first-order valence-corrected chi connectivity index (χ1v) is 9.32. The molecule has 2 N–H and O–H groups in total. The van der Waals surface area contributed by atoms with Crippen molar-refractivity contribution in [2.75, 3.05) is 32.0 Å². The van der Waals surface area contributed by atoms with E-state index in [9.17, 15) is 13.2 Å². The lowest BCUT2D eigenvalue weighted by Crippen LogP contribution is -2.39. The van der Waals surface area contributed by atoms with Gasteiger partial charge in [0, 0.05) is 25.7 Å². The molecule has 0 spiro atoms. The number of carbonyl (C=O) groups is 1. The third kappa shape index (κ3) is 5.02. The first-order chi connectivity index (χ1) is 10.8. The fraction of sp³-hybridized carbons (Fsp3) is 0.562. The van der Waals surface area contributed by atoms with E-state index in [-0.39, 0.29) is 10.8 Å². The highest BCUT2D eigenvalue weighted by molar-refractivity contribution is 7.89. The Labute approximate surface area is 138 Å². The lowest BCUT2D eigenvalue weighted by molar-refractivity contribution is -0.114. The summed E-state index contributed by atoms with van der Waals surface area (Å²) in [5, 5.41) is 2.62. The van der Waals surface area contributed by atoms with Crippen molar-refractivity contribution in [3.63, 3.8) is 0 Å². The van der Waals surface area contributed by atoms with Crippen LogP contribution >= 0.6 is 0 Å². The smallest absolute Gasteiger partial charge is 0.240 e. The summed E-state index contributed by atoms with van der Waals surface area (Å²) < 4.78 is 27.9. The molecule has 1 atom stereocenters. The van der Waals surface area contributed by atoms with Gasteiger partial charge in [0.15, 0.2) is 0 Å². The van der Waals surface area contributed by atoms with Crippen molar-refractivity contribution in [1.82, 2.24) is 9.62 Å². The van der Waals surface area contributed by atoms with E-state index in [2.05, 4.69) is 22.0 Å². The Kier molecular flexibility index (Phi) is 5.78. The van der Waals surface area contributed by atoms with Crippen LogP contribution in [-0.2, 0) is 14.8 Å². The Bertz CT molecular complexity index is 673. The second-order valence-corrected chi connectivity index (χ2v) is 8.02. The van der Waals surface area contributed by atoms with Gasteiger partial charge in [-0.25, -0.2) is 13.1 Å². The normalized spacial score (nSPS) is 19.5. The van der Waals surface area contributed by atoms with Crippen LogP contribution in [0, 0.1) is 12.8 Å². The molecule has 6 nitrogen and oxygen atoms in total. The van der Waals surface area contributed by atoms with Crippen LogP contribution in [0.1, 0.15) is 25.3 Å². The summed E-state index contributed by atoms with van der Waals surface area (Å²) in [6, 6.07) is 4.91. The van der Waals surface area contributed by atoms with Gasteiger partial charge in [0.05, 0.1) is 4.90 Å². The molecule has 1 aliphatic rings. The number of rotatable bonds is 5. The van der Waals surface area contributed by atoms with Crippen molar-refractivity contribution in [1.29, 1.82) is 0 Å². The van der Waals surface area contributed by atoms with Crippen LogP contribution in [0.25, 0.3) is 0 Å². The Morgan fingerprint density at radius 3 is 2.78 bits per heavy atom. The van der Waals surface area contributed by atoms with Crippen molar-refractivity contribution in [3.05, 3.63) is 23.8 Å². The van der Waals surface area contributed by atoms with E-state index >= 15 is 0 Å². The van der Waals surface area contributed by atoms with Gasteiger partial charge in [-0.3, -0.25) is 4.79 Å². The number of piperidine rings is 1. The summed E-state index contributed by atoms with van der Waals surface area (Å²) in [6.07, 6.45) is 2.14. The van der Waals surface area contributed by atoms with Crippen molar-refractivity contribution in [2.24, 2.45) is 5.92 Å². The SMILES string of the molecule is CC(=O)Nc1ccc(C)c(S(=O)(=O)NCC2CCCN(C)C2)c1. The fourth-order valence-electron chi connectivity index (χ4n) is 2.92. The molecule has 1 heterocycles. The van der Waals surface area contributed by atoms with Gasteiger partial charge in [-0.2, -0.15) is 0 Å². The molecule has 2 rings (SSSR count). The quantitative estimate of drug-likeness (QED) is 0.854. The number of benzene rings is 1. The first kappa shape index (κ1) is 17.9. The van der Waals surface area contributed by atoms with Crippen LogP contribution in [0.15, 0.2) is 23.1 Å². The largest absolute Gasteiger partial charge is 0.326 e. The molecule has 1 saturated heterocycles. The van der Waals surface area contributed by atoms with Crippen molar-refractivity contribution < 1.29 is 13.2 Å². The maximum Gasteiger partial charge on any atom is 0.240 e. The second-order valence-electron chi connectivity index (χ2n) is 6.28. The van der Waals surface area contributed by atoms with Crippen molar-refractivity contribution in [2.45, 2.75) is 31.6 Å². The van der Waals surface area contributed by atoms with Gasteiger partial charge in [0.1, 0.15) is 0 Å². The van der Waals surface area contributed by atoms with Crippen LogP contribution in [0.4, 0.5) is 5.69 Å². The van der Waals surface area contributed by atoms with E-state index in [4.69, 9.17) is 0 Å². The third-order valence-corrected chi connectivity index (χ3v) is 5.65. The summed E-state index contributed by atoms with van der Waals surface area (Å²) in [5.41, 5.74) is 1.15. The minimum atomic E-state index is -3.59. The van der Waals surface area contributed by atoms with Gasteiger partial charge in [0.25, 0.3) is 0 Å². The standard InChI is InChI=1S/C16H25N3O3S/c1-12-6-7-15(18-13(2)20)9-16(12)23(21,22)17-10-14-5-4-8-19(3)11-14/h6-7,9,14,17H,4-5,8,10-11H2,1-3H3,(H,18,20). The molecule has 23 heavy (non-hydrogen) atoms. The summed E-state index contributed by atoms with van der Waals surface area (Å²) in [6.45, 7) is 5.57. The molecule has 0 saturated carbocycles. The van der Waals surface area contributed by atoms with E-state index in [0.717, 1.165) is 25.9 Å². The number of aryl methyl sites for hydroxylation is 1. The van der Waals surface area contributed by atoms with Crippen molar-refractivity contribution >= 4 is 21.6 Å². The third-order valence-electron chi connectivity index (χ3n) is 4.08. The molecular weight excluding hydrogens is 314 g/mol. The molecule has 0 bridgehead atoms. The van der Waals surface area contributed by atoms with Gasteiger partial charge < -0.3 is 10.2 Å². The number of hydrogen-bond acceptors (Lipinski definition) is 4. The average Bonchev–Trinajstić information content (AvgIpc) is 2.47. The van der Waals surface area contributed by atoms with Gasteiger partial charge in [-0.05, 0) is 57.0 Å². The van der Waals surface area contributed by atoms with Gasteiger partial charge >= 0.3 is 0 Å².